The molecule has 0 fully saturated rings. The van der Waals surface area contributed by atoms with E-state index >= 15 is 0 Å². The van der Waals surface area contributed by atoms with Crippen molar-refractivity contribution in [2.75, 3.05) is 16.5 Å². The van der Waals surface area contributed by atoms with Crippen molar-refractivity contribution in [1.82, 2.24) is 0 Å². The third kappa shape index (κ3) is 3.21. The van der Waals surface area contributed by atoms with E-state index in [0.717, 1.165) is 28.1 Å². The van der Waals surface area contributed by atoms with Gasteiger partial charge in [-0.05, 0) is 48.5 Å². The highest BCUT2D eigenvalue weighted by atomic mass is 35.5. The number of hydrogen-bond donors (Lipinski definition) is 0. The normalized spacial score (nSPS) is 13.5. The number of hydrogen-bond acceptors (Lipinski definition) is 2. The molecule has 104 valence electrons. The van der Waals surface area contributed by atoms with E-state index in [0.29, 0.717) is 0 Å². The summed E-state index contributed by atoms with van der Waals surface area (Å²) in [6.45, 7) is 0.781. The van der Waals surface area contributed by atoms with E-state index in [1.54, 1.807) is 0 Å². The van der Waals surface area contributed by atoms with Crippen molar-refractivity contribution in [1.29, 1.82) is 0 Å². The zero-order chi connectivity index (χ0) is 13.2. The largest absolute Gasteiger partial charge is 0.328 e. The van der Waals surface area contributed by atoms with E-state index in [1.165, 1.54) is 0 Å². The molecule has 2 nitrogen and oxygen atoms in total. The molecule has 0 spiro atoms. The van der Waals surface area contributed by atoms with E-state index in [1.807, 2.05) is 48.5 Å². The molecule has 0 radical (unpaired) electrons. The van der Waals surface area contributed by atoms with E-state index in [-0.39, 0.29) is 12.4 Å². The zero-order valence-corrected chi connectivity index (χ0v) is 12.9. The molecule has 2 aromatic rings. The number of halogens is 3. The lowest BCUT2D eigenvalue weighted by molar-refractivity contribution is 0.976. The Morgan fingerprint density at radius 3 is 1.35 bits per heavy atom. The maximum Gasteiger partial charge on any atom is 0.0989 e. The van der Waals surface area contributed by atoms with Crippen LogP contribution in [0.5, 0.6) is 0 Å². The van der Waals surface area contributed by atoms with Crippen LogP contribution in [0.1, 0.15) is 0 Å². The van der Waals surface area contributed by atoms with Crippen molar-refractivity contribution in [3.05, 3.63) is 71.0 Å². The van der Waals surface area contributed by atoms with Gasteiger partial charge in [0, 0.05) is 33.8 Å². The minimum absolute atomic E-state index is 0. The van der Waals surface area contributed by atoms with E-state index in [9.17, 15) is 0 Å². The van der Waals surface area contributed by atoms with Crippen LogP contribution in [0.25, 0.3) is 0 Å². The predicted molar refractivity (Wildman–Crippen MR) is 89.1 cm³/mol. The zero-order valence-electron chi connectivity index (χ0n) is 10.5. The minimum atomic E-state index is 0. The van der Waals surface area contributed by atoms with Crippen molar-refractivity contribution >= 4 is 47.0 Å². The van der Waals surface area contributed by atoms with Crippen molar-refractivity contribution in [2.45, 2.75) is 0 Å². The van der Waals surface area contributed by atoms with Crippen LogP contribution < -0.4 is 9.80 Å². The summed E-state index contributed by atoms with van der Waals surface area (Å²) in [5, 5.41) is 1.50. The van der Waals surface area contributed by atoms with E-state index in [4.69, 9.17) is 23.2 Å². The highest BCUT2D eigenvalue weighted by molar-refractivity contribution is 6.30. The molecule has 0 unspecified atom stereocenters. The molecule has 0 N–H and O–H groups in total. The van der Waals surface area contributed by atoms with Gasteiger partial charge in [0.2, 0.25) is 0 Å². The fourth-order valence-corrected chi connectivity index (χ4v) is 2.27. The molecule has 0 saturated carbocycles. The third-order valence-corrected chi connectivity index (χ3v) is 3.55. The van der Waals surface area contributed by atoms with Gasteiger partial charge in [0.05, 0.1) is 6.67 Å². The minimum Gasteiger partial charge on any atom is -0.328 e. The van der Waals surface area contributed by atoms with Crippen LogP contribution in [-0.4, -0.2) is 6.67 Å². The smallest absolute Gasteiger partial charge is 0.0989 e. The molecular formula is C15H13Cl3N2. The molecule has 20 heavy (non-hydrogen) atoms. The average Bonchev–Trinajstić information content (AvgIpc) is 2.90. The van der Waals surface area contributed by atoms with Crippen LogP contribution in [0.15, 0.2) is 60.9 Å². The molecule has 1 aliphatic heterocycles. The van der Waals surface area contributed by atoms with Gasteiger partial charge >= 0.3 is 0 Å². The first-order chi connectivity index (χ1) is 9.22. The van der Waals surface area contributed by atoms with Gasteiger partial charge in [0.15, 0.2) is 0 Å². The number of benzene rings is 2. The Morgan fingerprint density at radius 2 is 1.00 bits per heavy atom. The fraction of sp³-hybridized carbons (Fsp3) is 0.0667. The molecule has 0 bridgehead atoms. The summed E-state index contributed by atoms with van der Waals surface area (Å²) in [6, 6.07) is 15.6. The first-order valence-electron chi connectivity index (χ1n) is 5.95. The topological polar surface area (TPSA) is 6.48 Å². The maximum absolute atomic E-state index is 5.90. The molecule has 0 aromatic heterocycles. The van der Waals surface area contributed by atoms with Gasteiger partial charge in [-0.1, -0.05) is 23.2 Å². The average molecular weight is 328 g/mol. The summed E-state index contributed by atoms with van der Waals surface area (Å²) in [5.41, 5.74) is 2.24. The van der Waals surface area contributed by atoms with Crippen LogP contribution >= 0.6 is 35.6 Å². The summed E-state index contributed by atoms with van der Waals surface area (Å²) in [5.74, 6) is 0. The number of rotatable bonds is 2. The second-order valence-corrected chi connectivity index (χ2v) is 5.20. The highest BCUT2D eigenvalue weighted by Crippen LogP contribution is 2.25. The molecule has 5 heteroatoms. The molecule has 0 amide bonds. The Labute approximate surface area is 134 Å². The summed E-state index contributed by atoms with van der Waals surface area (Å²) >= 11 is 11.8. The third-order valence-electron chi connectivity index (χ3n) is 3.05. The number of nitrogens with zero attached hydrogens (tertiary/aromatic N) is 2. The highest BCUT2D eigenvalue weighted by Gasteiger charge is 2.14. The molecule has 1 heterocycles. The Kier molecular flexibility index (Phi) is 4.81. The SMILES string of the molecule is Cl.Clc1ccc(N2C=CN(c3ccc(Cl)cc3)C2)cc1. The van der Waals surface area contributed by atoms with Gasteiger partial charge in [-0.15, -0.1) is 12.4 Å². The van der Waals surface area contributed by atoms with Crippen LogP contribution in [0, 0.1) is 0 Å². The summed E-state index contributed by atoms with van der Waals surface area (Å²) < 4.78 is 0. The maximum atomic E-state index is 5.90. The quantitative estimate of drug-likeness (QED) is 0.750. The van der Waals surface area contributed by atoms with Gasteiger partial charge in [-0.3, -0.25) is 0 Å². The van der Waals surface area contributed by atoms with Gasteiger partial charge < -0.3 is 9.80 Å². The Bertz CT molecular complexity index is 540. The Balaban J connectivity index is 0.00000147. The molecular weight excluding hydrogens is 315 g/mol. The van der Waals surface area contributed by atoms with Crippen LogP contribution in [0.2, 0.25) is 10.0 Å². The second-order valence-electron chi connectivity index (χ2n) is 4.33. The standard InChI is InChI=1S/C15H12Cl2N2.ClH/c16-12-1-5-14(6-2-12)18-9-10-19(11-18)15-7-3-13(17)4-8-15;/h1-10H,11H2;1H. The van der Waals surface area contributed by atoms with Gasteiger partial charge in [0.1, 0.15) is 0 Å². The first-order valence-corrected chi connectivity index (χ1v) is 6.71. The lowest BCUT2D eigenvalue weighted by Crippen LogP contribution is -2.24. The molecule has 0 atom stereocenters. The van der Waals surface area contributed by atoms with Crippen molar-refractivity contribution < 1.29 is 0 Å². The Hall–Kier alpha value is -1.35. The number of anilines is 2. The summed E-state index contributed by atoms with van der Waals surface area (Å²) in [6.07, 6.45) is 4.11. The monoisotopic (exact) mass is 326 g/mol. The van der Waals surface area contributed by atoms with Gasteiger partial charge in [0.25, 0.3) is 0 Å². The van der Waals surface area contributed by atoms with E-state index < -0.39 is 0 Å². The van der Waals surface area contributed by atoms with Crippen LogP contribution in [0.3, 0.4) is 0 Å². The predicted octanol–water partition coefficient (Wildman–Crippen LogP) is 5.17. The fourth-order valence-electron chi connectivity index (χ4n) is 2.02. The van der Waals surface area contributed by atoms with Gasteiger partial charge in [-0.2, -0.15) is 0 Å². The molecule has 2 aromatic carbocycles. The molecule has 1 aliphatic rings. The lowest BCUT2D eigenvalue weighted by Gasteiger charge is -2.21. The van der Waals surface area contributed by atoms with Crippen LogP contribution in [0.4, 0.5) is 11.4 Å². The summed E-state index contributed by atoms with van der Waals surface area (Å²) in [7, 11) is 0. The van der Waals surface area contributed by atoms with Crippen molar-refractivity contribution in [3.8, 4) is 0 Å². The van der Waals surface area contributed by atoms with Gasteiger partial charge in [-0.25, -0.2) is 0 Å². The molecule has 0 saturated heterocycles. The Morgan fingerprint density at radius 1 is 0.650 bits per heavy atom. The first kappa shape index (κ1) is 15.0. The summed E-state index contributed by atoms with van der Waals surface area (Å²) in [4.78, 5) is 4.32. The lowest BCUT2D eigenvalue weighted by atomic mass is 10.3. The van der Waals surface area contributed by atoms with Crippen molar-refractivity contribution in [2.24, 2.45) is 0 Å². The van der Waals surface area contributed by atoms with E-state index in [2.05, 4.69) is 22.2 Å². The molecule has 0 aliphatic carbocycles. The van der Waals surface area contributed by atoms with Crippen LogP contribution in [-0.2, 0) is 0 Å². The van der Waals surface area contributed by atoms with Crippen molar-refractivity contribution in [3.63, 3.8) is 0 Å². The molecule has 3 rings (SSSR count). The second kappa shape index (κ2) is 6.40.